The smallest absolute Gasteiger partial charge is 0.488 e. The molecular weight excluding hydrogens is 2030 g/mol. The number of ether oxygens (including phenoxy) is 18. The molecule has 12 rings (SSSR count). The summed E-state index contributed by atoms with van der Waals surface area (Å²) in [7, 11) is 7.58. The van der Waals surface area contributed by atoms with Crippen LogP contribution in [0.3, 0.4) is 0 Å². The third-order valence-corrected chi connectivity index (χ3v) is 25.5. The lowest BCUT2D eigenvalue weighted by Crippen LogP contribution is -2.11. The minimum Gasteiger partial charge on any atom is -0.488 e. The molecule has 0 aliphatic rings. The van der Waals surface area contributed by atoms with Crippen LogP contribution in [0.5, 0.6) is 69.0 Å². The van der Waals surface area contributed by atoms with E-state index < -0.39 is 42.7 Å². The van der Waals surface area contributed by atoms with Crippen LogP contribution >= 0.6 is 50.1 Å². The van der Waals surface area contributed by atoms with Crippen LogP contribution in [0.4, 0.5) is 33.2 Å². The minimum absolute atomic E-state index is 0.0471. The number of hydrogen-bond acceptors (Lipinski definition) is 24. The number of carbonyl (C=O) groups is 6. The highest BCUT2D eigenvalue weighted by Gasteiger charge is 2.23. The summed E-state index contributed by atoms with van der Waals surface area (Å²) in [6, 6.07) is 58.0. The van der Waals surface area contributed by atoms with E-state index in [9.17, 15) is 33.2 Å². The highest BCUT2D eigenvalue weighted by atomic mass is 127. The fraction of sp³-hybridized carbons (Fsp3) is 0.322. The summed E-state index contributed by atoms with van der Waals surface area (Å²) >= 11 is 11.9. The summed E-state index contributed by atoms with van der Waals surface area (Å²) < 4.78 is 110. The lowest BCUT2D eigenvalue weighted by molar-refractivity contribution is 0.119. The van der Waals surface area contributed by atoms with Crippen LogP contribution in [0.1, 0.15) is 181 Å². The van der Waals surface area contributed by atoms with Crippen molar-refractivity contribution in [3.63, 3.8) is 0 Å². The van der Waals surface area contributed by atoms with Gasteiger partial charge in [-0.2, -0.15) is 0 Å². The summed E-state index contributed by atoms with van der Waals surface area (Å²) in [5, 5.41) is 0.471. The fourth-order valence-corrected chi connectivity index (χ4v) is 15.3. The molecule has 0 unspecified atom stereocenters. The van der Waals surface area contributed by atoms with Gasteiger partial charge in [0.15, 0.2) is 0 Å². The number of para-hydroxylation sites is 1. The van der Waals surface area contributed by atoms with Crippen molar-refractivity contribution in [1.82, 2.24) is 0 Å². The van der Waals surface area contributed by atoms with Gasteiger partial charge in [-0.1, -0.05) is 160 Å². The number of rotatable bonds is 30. The maximum atomic E-state index is 14.1. The summed E-state index contributed by atoms with van der Waals surface area (Å²) in [4.78, 5) is 68.2. The van der Waals surface area contributed by atoms with Gasteiger partial charge < -0.3 is 85.3 Å². The molecule has 28 heteroatoms. The lowest BCUT2D eigenvalue weighted by Gasteiger charge is -2.16. The van der Waals surface area contributed by atoms with Gasteiger partial charge in [0.25, 0.3) is 0 Å². The van der Waals surface area contributed by atoms with Gasteiger partial charge in [0.05, 0.1) is 58.8 Å². The number of halogens is 4. The largest absolute Gasteiger partial charge is 0.513 e. The molecule has 0 saturated heterocycles. The van der Waals surface area contributed by atoms with Crippen LogP contribution in [-0.4, -0.2) is 79.6 Å². The molecular formula is C115H130BrClFIO24. The number of aryl methyl sites for hydroxylation is 19. The average Bonchev–Trinajstić information content (AvgIpc) is 0.835. The Morgan fingerprint density at radius 2 is 0.490 bits per heavy atom. The summed E-state index contributed by atoms with van der Waals surface area (Å²) in [5.41, 5.74) is 26.2. The van der Waals surface area contributed by atoms with Crippen molar-refractivity contribution in [3.8, 4) is 69.0 Å². The second-order valence-electron chi connectivity index (χ2n) is 33.0. The van der Waals surface area contributed by atoms with Crippen molar-refractivity contribution >= 4 is 87.1 Å². The predicted octanol–water partition coefficient (Wildman–Crippen LogP) is 30.0. The Hall–Kier alpha value is -13.5. The molecule has 0 fully saturated rings. The minimum atomic E-state index is -0.901. The van der Waals surface area contributed by atoms with Crippen LogP contribution in [0.2, 0.25) is 5.02 Å². The molecule has 762 valence electrons. The first kappa shape index (κ1) is 116. The molecule has 143 heavy (non-hydrogen) atoms. The molecule has 0 radical (unpaired) electrons. The van der Waals surface area contributed by atoms with E-state index in [0.717, 1.165) is 131 Å². The van der Waals surface area contributed by atoms with Crippen LogP contribution in [0.15, 0.2) is 193 Å². The van der Waals surface area contributed by atoms with Gasteiger partial charge in [0.1, 0.15) is 114 Å². The number of carbonyl (C=O) groups excluding carboxylic acids is 6. The van der Waals surface area contributed by atoms with Crippen molar-refractivity contribution in [3.05, 3.63) is 346 Å². The lowest BCUT2D eigenvalue weighted by atomic mass is 10.0. The van der Waals surface area contributed by atoms with Crippen molar-refractivity contribution in [2.45, 2.75) is 210 Å². The van der Waals surface area contributed by atoms with Gasteiger partial charge in [-0.15, -0.1) is 0 Å². The molecule has 0 N–H and O–H groups in total. The Morgan fingerprint density at radius 1 is 0.252 bits per heavy atom. The van der Waals surface area contributed by atoms with E-state index in [1.807, 2.05) is 95.3 Å². The topological polar surface area (TPSA) is 269 Å². The Labute approximate surface area is 866 Å². The Bertz CT molecular complexity index is 5620. The Morgan fingerprint density at radius 3 is 0.832 bits per heavy atom. The van der Waals surface area contributed by atoms with Gasteiger partial charge in [-0.05, 0) is 354 Å². The van der Waals surface area contributed by atoms with Gasteiger partial charge in [0, 0.05) is 30.3 Å². The first-order valence-electron chi connectivity index (χ1n) is 46.5. The van der Waals surface area contributed by atoms with E-state index in [1.165, 1.54) is 133 Å². The molecule has 0 bridgehead atoms. The van der Waals surface area contributed by atoms with E-state index in [-0.39, 0.29) is 31.1 Å². The highest BCUT2D eigenvalue weighted by Crippen LogP contribution is 2.38. The quantitative estimate of drug-likeness (QED) is 0.0175. The van der Waals surface area contributed by atoms with E-state index in [1.54, 1.807) is 54.6 Å². The third-order valence-electron chi connectivity index (χ3n) is 23.4. The maximum absolute atomic E-state index is 14.1. The molecule has 12 aromatic rings. The molecule has 0 amide bonds. The van der Waals surface area contributed by atoms with Crippen LogP contribution in [0, 0.1) is 99.4 Å². The summed E-state index contributed by atoms with van der Waals surface area (Å²) in [6.07, 6.45) is 0.594. The molecule has 0 spiro atoms. The SMILES string of the molecule is CCc1cc(C)c(C)cc1OCc1c(Br)cccc1OC(=O)OC.CCc1cc(C)c(C)cc1OCc1c(C)cccc1OC(=O)OC.CCc1cc(C)c(C)cc1OCc1c(Cl)cccc1OC(=O)OC.CCc1cc(C)c(C)cc1OCc1c(F)cccc1OC(=O)OC.CCc1cc(C)c(C)cc1OCc1c(I)cccc1OC(=O)OC.CCc1cc(C)c(C)cc1OCc1ccccc1OC(=O)OC. The van der Waals surface area contributed by atoms with Crippen LogP contribution in [-0.2, 0) is 107 Å². The molecule has 24 nitrogen and oxygen atoms in total. The highest BCUT2D eigenvalue weighted by molar-refractivity contribution is 14.1. The van der Waals surface area contributed by atoms with E-state index in [2.05, 4.69) is 218 Å². The van der Waals surface area contributed by atoms with Crippen molar-refractivity contribution in [1.29, 1.82) is 0 Å². The van der Waals surface area contributed by atoms with Crippen molar-refractivity contribution < 1.29 is 118 Å². The molecule has 0 aliphatic heterocycles. The molecule has 12 aromatic carbocycles. The zero-order chi connectivity index (χ0) is 105. The van der Waals surface area contributed by atoms with Gasteiger partial charge in [-0.25, -0.2) is 33.2 Å². The maximum Gasteiger partial charge on any atom is 0.513 e. The monoisotopic (exact) mass is 2150 g/mol. The van der Waals surface area contributed by atoms with E-state index in [4.69, 9.17) is 68.4 Å². The van der Waals surface area contributed by atoms with Crippen molar-refractivity contribution in [2.24, 2.45) is 0 Å². The van der Waals surface area contributed by atoms with E-state index in [0.29, 0.717) is 64.9 Å². The zero-order valence-electron chi connectivity index (χ0n) is 86.2. The molecule has 0 aromatic heterocycles. The van der Waals surface area contributed by atoms with Gasteiger partial charge in [0.2, 0.25) is 0 Å². The first-order chi connectivity index (χ1) is 68.3. The Kier molecular flexibility index (Phi) is 47.9. The standard InChI is InChI=1S/C20H24O4.C19H21BrO4.C19H21ClO4.C19H21FO4.C19H21IO4.C19H22O4/c1-6-16-10-14(3)15(4)11-19(16)23-12-17-13(2)8-7-9-18(17)24-20(21)22-5;4*1-5-14-9-12(2)13(3)10-18(14)23-11-15-16(20)7-6-8-17(15)24-19(21)22-4;1-5-15-10-13(2)14(3)11-18(15)22-12-16-8-6-7-9-17(16)23-19(20)21-4/h7-11H,6,12H2,1-5H3;4*6-10H,5,11H2,1-4H3;6-11H,5,12H2,1-4H3. The van der Waals surface area contributed by atoms with E-state index >= 15 is 0 Å². The zero-order valence-corrected chi connectivity index (χ0v) is 90.7. The average molecular weight is 2160 g/mol. The summed E-state index contributed by atoms with van der Waals surface area (Å²) in [6.45, 7) is 40.7. The summed E-state index contributed by atoms with van der Waals surface area (Å²) in [5.74, 6) is 6.65. The van der Waals surface area contributed by atoms with Crippen LogP contribution < -0.4 is 56.8 Å². The molecule has 0 heterocycles. The molecule has 0 aliphatic carbocycles. The van der Waals surface area contributed by atoms with Gasteiger partial charge >= 0.3 is 36.9 Å². The predicted molar refractivity (Wildman–Crippen MR) is 565 cm³/mol. The first-order valence-corrected chi connectivity index (χ1v) is 48.8. The molecule has 0 atom stereocenters. The number of methoxy groups -OCH3 is 6. The second kappa shape index (κ2) is 58.8. The van der Waals surface area contributed by atoms with Gasteiger partial charge in [-0.3, -0.25) is 0 Å². The fourth-order valence-electron chi connectivity index (χ4n) is 14.0. The normalized spacial score (nSPS) is 10.4. The number of hydrogen-bond donors (Lipinski definition) is 0. The van der Waals surface area contributed by atoms with Crippen LogP contribution in [0.25, 0.3) is 0 Å². The van der Waals surface area contributed by atoms with Crippen molar-refractivity contribution in [2.75, 3.05) is 42.7 Å². The Balaban J connectivity index is 0.000000233. The molecule has 0 saturated carbocycles. The third kappa shape index (κ3) is 35.3. The number of benzene rings is 12. The second-order valence-corrected chi connectivity index (χ2v) is 35.4.